The highest BCUT2D eigenvalue weighted by Gasteiger charge is 2.30. The first-order valence-corrected chi connectivity index (χ1v) is 12.1. The van der Waals surface area contributed by atoms with Gasteiger partial charge in [-0.05, 0) is 55.8 Å². The van der Waals surface area contributed by atoms with Gasteiger partial charge in [-0.25, -0.2) is 9.97 Å². The molecule has 38 heavy (non-hydrogen) atoms. The van der Waals surface area contributed by atoms with Crippen molar-refractivity contribution < 1.29 is 18.3 Å². The molecule has 3 aromatic carbocycles. The van der Waals surface area contributed by atoms with Gasteiger partial charge in [0.15, 0.2) is 0 Å². The van der Waals surface area contributed by atoms with Crippen LogP contribution in [0, 0.1) is 6.92 Å². The van der Waals surface area contributed by atoms with Gasteiger partial charge in [0.1, 0.15) is 11.6 Å². The second-order valence-corrected chi connectivity index (χ2v) is 9.22. The Morgan fingerprint density at radius 3 is 2.29 bits per heavy atom. The van der Waals surface area contributed by atoms with Crippen LogP contribution in [-0.2, 0) is 19.2 Å². The summed E-state index contributed by atoms with van der Waals surface area (Å²) in [6.45, 7) is 3.53. The summed E-state index contributed by atoms with van der Waals surface area (Å²) in [6.07, 6.45) is -2.51. The topological polar surface area (TPSA) is 72.9 Å². The molecule has 2 aromatic heterocycles. The summed E-state index contributed by atoms with van der Waals surface area (Å²) in [4.78, 5) is 23.1. The molecule has 5 rings (SSSR count). The van der Waals surface area contributed by atoms with Gasteiger partial charge in [0.25, 0.3) is 5.56 Å². The maximum Gasteiger partial charge on any atom is 0.416 e. The number of nitrogens with zero attached hydrogens (tertiary/aromatic N) is 4. The summed E-state index contributed by atoms with van der Waals surface area (Å²) in [5.74, 6) is 0.993. The number of halogens is 3. The van der Waals surface area contributed by atoms with E-state index < -0.39 is 17.8 Å². The summed E-state index contributed by atoms with van der Waals surface area (Å²) in [5, 5.41) is 10.3. The Labute approximate surface area is 216 Å². The lowest BCUT2D eigenvalue weighted by molar-refractivity contribution is -0.137. The molecule has 0 saturated carbocycles. The van der Waals surface area contributed by atoms with E-state index in [0.717, 1.165) is 17.7 Å². The van der Waals surface area contributed by atoms with Crippen LogP contribution in [0.15, 0.2) is 83.8 Å². The van der Waals surface area contributed by atoms with Crippen LogP contribution in [0.25, 0.3) is 16.6 Å². The number of rotatable bonds is 6. The SMILES string of the molecule is Cc1ccc(-n2c(C(C)n3cc(CO)nc3Cc3ccc(C(F)(F)F)cc3)nc3ccccc3c2=O)cc1. The minimum Gasteiger partial charge on any atom is -0.390 e. The normalized spacial score (nSPS) is 12.7. The number of benzene rings is 3. The molecular weight excluding hydrogens is 493 g/mol. The molecule has 194 valence electrons. The predicted octanol–water partition coefficient (Wildman–Crippen LogP) is 5.60. The smallest absolute Gasteiger partial charge is 0.390 e. The molecule has 1 N–H and O–H groups in total. The Balaban J connectivity index is 1.63. The van der Waals surface area contributed by atoms with E-state index in [1.54, 1.807) is 29.0 Å². The molecule has 0 fully saturated rings. The van der Waals surface area contributed by atoms with Gasteiger partial charge in [0.05, 0.1) is 40.5 Å². The Kier molecular flexibility index (Phi) is 6.62. The summed E-state index contributed by atoms with van der Waals surface area (Å²) < 4.78 is 42.4. The molecule has 6 nitrogen and oxygen atoms in total. The first-order valence-electron chi connectivity index (χ1n) is 12.1. The maximum absolute atomic E-state index is 13.7. The Hall–Kier alpha value is -4.24. The number of fused-ring (bicyclic) bond motifs is 1. The molecule has 5 aromatic rings. The third-order valence-electron chi connectivity index (χ3n) is 6.55. The minimum atomic E-state index is -4.42. The van der Waals surface area contributed by atoms with Crippen LogP contribution in [0.1, 0.15) is 47.0 Å². The molecule has 0 aliphatic carbocycles. The maximum atomic E-state index is 13.7. The van der Waals surface area contributed by atoms with Gasteiger partial charge in [0, 0.05) is 12.6 Å². The zero-order valence-corrected chi connectivity index (χ0v) is 20.8. The second kappa shape index (κ2) is 9.90. The van der Waals surface area contributed by atoms with Crippen molar-refractivity contribution in [2.24, 2.45) is 0 Å². The average molecular weight is 519 g/mol. The average Bonchev–Trinajstić information content (AvgIpc) is 3.31. The van der Waals surface area contributed by atoms with Gasteiger partial charge in [-0.15, -0.1) is 0 Å². The molecule has 0 bridgehead atoms. The minimum absolute atomic E-state index is 0.215. The summed E-state index contributed by atoms with van der Waals surface area (Å²) in [6, 6.07) is 19.1. The lowest BCUT2D eigenvalue weighted by atomic mass is 10.1. The highest BCUT2D eigenvalue weighted by atomic mass is 19.4. The van der Waals surface area contributed by atoms with Crippen molar-refractivity contribution in [3.05, 3.63) is 123 Å². The number of aromatic nitrogens is 4. The number of aryl methyl sites for hydroxylation is 1. The monoisotopic (exact) mass is 518 g/mol. The fraction of sp³-hybridized carbons (Fsp3) is 0.207. The lowest BCUT2D eigenvalue weighted by Crippen LogP contribution is -2.27. The van der Waals surface area contributed by atoms with E-state index in [9.17, 15) is 23.1 Å². The van der Waals surface area contributed by atoms with Gasteiger partial charge < -0.3 is 9.67 Å². The summed E-state index contributed by atoms with van der Waals surface area (Å²) in [7, 11) is 0. The van der Waals surface area contributed by atoms with E-state index in [-0.39, 0.29) is 18.6 Å². The molecule has 0 saturated heterocycles. The van der Waals surface area contributed by atoms with E-state index >= 15 is 0 Å². The van der Waals surface area contributed by atoms with Crippen LogP contribution in [0.2, 0.25) is 0 Å². The van der Waals surface area contributed by atoms with E-state index in [1.165, 1.54) is 12.1 Å². The number of imidazole rings is 1. The van der Waals surface area contributed by atoms with Crippen molar-refractivity contribution >= 4 is 10.9 Å². The number of hydrogen-bond acceptors (Lipinski definition) is 4. The summed E-state index contributed by atoms with van der Waals surface area (Å²) >= 11 is 0. The molecular formula is C29H25F3N4O2. The number of aliphatic hydroxyl groups excluding tert-OH is 1. The molecule has 0 amide bonds. The van der Waals surface area contributed by atoms with Crippen molar-refractivity contribution in [1.29, 1.82) is 0 Å². The van der Waals surface area contributed by atoms with Crippen LogP contribution < -0.4 is 5.56 Å². The zero-order valence-electron chi connectivity index (χ0n) is 20.8. The van der Waals surface area contributed by atoms with E-state index in [0.29, 0.717) is 39.5 Å². The molecule has 2 heterocycles. The number of hydrogen-bond donors (Lipinski definition) is 1. The van der Waals surface area contributed by atoms with E-state index in [4.69, 9.17) is 4.98 Å². The molecule has 0 aliphatic rings. The molecule has 9 heteroatoms. The molecule has 1 unspecified atom stereocenters. The van der Waals surface area contributed by atoms with Gasteiger partial charge >= 0.3 is 6.18 Å². The van der Waals surface area contributed by atoms with E-state index in [2.05, 4.69) is 4.98 Å². The molecule has 0 radical (unpaired) electrons. The fourth-order valence-corrected chi connectivity index (χ4v) is 4.52. The van der Waals surface area contributed by atoms with Gasteiger partial charge in [-0.2, -0.15) is 13.2 Å². The predicted molar refractivity (Wildman–Crippen MR) is 138 cm³/mol. The summed E-state index contributed by atoms with van der Waals surface area (Å²) in [5.41, 5.74) is 2.35. The lowest BCUT2D eigenvalue weighted by Gasteiger charge is -2.21. The third kappa shape index (κ3) is 4.84. The highest BCUT2D eigenvalue weighted by molar-refractivity contribution is 5.77. The number of para-hydroxylation sites is 1. The second-order valence-electron chi connectivity index (χ2n) is 9.22. The first kappa shape index (κ1) is 25.4. The highest BCUT2D eigenvalue weighted by Crippen LogP contribution is 2.30. The van der Waals surface area contributed by atoms with Crippen LogP contribution >= 0.6 is 0 Å². The quantitative estimate of drug-likeness (QED) is 0.318. The van der Waals surface area contributed by atoms with Crippen LogP contribution in [0.5, 0.6) is 0 Å². The molecule has 1 atom stereocenters. The molecule has 0 spiro atoms. The fourth-order valence-electron chi connectivity index (χ4n) is 4.52. The van der Waals surface area contributed by atoms with Crippen molar-refractivity contribution in [3.8, 4) is 5.69 Å². The van der Waals surface area contributed by atoms with Gasteiger partial charge in [-0.1, -0.05) is 42.0 Å². The standard InChI is InChI=1S/C29H25F3N4O2/c1-18-7-13-23(14-8-18)36-27(34-25-6-4-3-5-24(25)28(36)38)19(2)35-16-22(17-37)33-26(35)15-20-9-11-21(12-10-20)29(30,31)32/h3-14,16,19,37H,15,17H2,1-2H3. The van der Waals surface area contributed by atoms with Crippen LogP contribution in [-0.4, -0.2) is 24.2 Å². The third-order valence-corrected chi connectivity index (χ3v) is 6.55. The Morgan fingerprint density at radius 2 is 1.63 bits per heavy atom. The number of alkyl halides is 3. The molecule has 0 aliphatic heterocycles. The van der Waals surface area contributed by atoms with Crippen molar-refractivity contribution in [1.82, 2.24) is 19.1 Å². The first-order chi connectivity index (χ1) is 18.2. The van der Waals surface area contributed by atoms with Crippen LogP contribution in [0.4, 0.5) is 13.2 Å². The zero-order chi connectivity index (χ0) is 27.0. The van der Waals surface area contributed by atoms with Crippen molar-refractivity contribution in [2.75, 3.05) is 0 Å². The largest absolute Gasteiger partial charge is 0.416 e. The van der Waals surface area contributed by atoms with Crippen LogP contribution in [0.3, 0.4) is 0 Å². The Morgan fingerprint density at radius 1 is 0.947 bits per heavy atom. The Bertz CT molecular complexity index is 1650. The number of aliphatic hydroxyl groups is 1. The van der Waals surface area contributed by atoms with Crippen molar-refractivity contribution in [2.45, 2.75) is 39.1 Å². The van der Waals surface area contributed by atoms with Gasteiger partial charge in [-0.3, -0.25) is 9.36 Å². The van der Waals surface area contributed by atoms with Crippen molar-refractivity contribution in [3.63, 3.8) is 0 Å². The van der Waals surface area contributed by atoms with E-state index in [1.807, 2.05) is 48.7 Å². The van der Waals surface area contributed by atoms with Gasteiger partial charge in [0.2, 0.25) is 0 Å².